The van der Waals surface area contributed by atoms with Crippen molar-refractivity contribution in [2.24, 2.45) is 5.92 Å². The fourth-order valence-corrected chi connectivity index (χ4v) is 1.86. The molecule has 0 fully saturated rings. The monoisotopic (exact) mass is 232 g/mol. The standard InChI is InChI=1S/C15H20O2/c1-4-6-12(5-2)11-13-7-9-14(10-8-13)15(16)17-3/h4,7-10,12H,1,5-6,11H2,2-3H3. The van der Waals surface area contributed by atoms with Crippen molar-refractivity contribution in [3.8, 4) is 0 Å². The normalized spacial score (nSPS) is 11.9. The third-order valence-corrected chi connectivity index (χ3v) is 2.98. The molecule has 1 unspecified atom stereocenters. The first-order valence-electron chi connectivity index (χ1n) is 5.99. The molecule has 0 amide bonds. The van der Waals surface area contributed by atoms with Crippen LogP contribution in [-0.2, 0) is 11.2 Å². The fourth-order valence-electron chi connectivity index (χ4n) is 1.86. The van der Waals surface area contributed by atoms with Crippen molar-refractivity contribution in [3.05, 3.63) is 48.0 Å². The molecule has 0 bridgehead atoms. The Labute approximate surface area is 103 Å². The lowest BCUT2D eigenvalue weighted by Crippen LogP contribution is -2.04. The van der Waals surface area contributed by atoms with Crippen LogP contribution >= 0.6 is 0 Å². The molecule has 0 aliphatic carbocycles. The average Bonchev–Trinajstić information content (AvgIpc) is 2.38. The molecule has 0 aliphatic rings. The summed E-state index contributed by atoms with van der Waals surface area (Å²) >= 11 is 0. The van der Waals surface area contributed by atoms with Crippen LogP contribution in [0.15, 0.2) is 36.9 Å². The van der Waals surface area contributed by atoms with Gasteiger partial charge in [-0.3, -0.25) is 0 Å². The summed E-state index contributed by atoms with van der Waals surface area (Å²) in [6.07, 6.45) is 5.18. The molecular weight excluding hydrogens is 212 g/mol. The third kappa shape index (κ3) is 4.06. The molecule has 1 rings (SSSR count). The van der Waals surface area contributed by atoms with Gasteiger partial charge in [0.2, 0.25) is 0 Å². The Hall–Kier alpha value is -1.57. The first-order chi connectivity index (χ1) is 8.21. The number of esters is 1. The van der Waals surface area contributed by atoms with E-state index in [1.165, 1.54) is 12.7 Å². The second-order valence-corrected chi connectivity index (χ2v) is 4.19. The molecular formula is C15H20O2. The van der Waals surface area contributed by atoms with E-state index in [0.29, 0.717) is 11.5 Å². The second-order valence-electron chi connectivity index (χ2n) is 4.19. The van der Waals surface area contributed by atoms with Crippen LogP contribution in [0.5, 0.6) is 0 Å². The van der Waals surface area contributed by atoms with Gasteiger partial charge in [-0.2, -0.15) is 0 Å². The molecule has 2 heteroatoms. The van der Waals surface area contributed by atoms with Crippen molar-refractivity contribution in [2.75, 3.05) is 7.11 Å². The van der Waals surface area contributed by atoms with Crippen molar-refractivity contribution < 1.29 is 9.53 Å². The number of hydrogen-bond donors (Lipinski definition) is 0. The van der Waals surface area contributed by atoms with Gasteiger partial charge in [0.15, 0.2) is 0 Å². The first kappa shape index (κ1) is 13.5. The first-order valence-corrected chi connectivity index (χ1v) is 5.99. The zero-order chi connectivity index (χ0) is 12.7. The lowest BCUT2D eigenvalue weighted by molar-refractivity contribution is 0.0600. The van der Waals surface area contributed by atoms with Crippen LogP contribution in [0.4, 0.5) is 0 Å². The molecule has 0 saturated heterocycles. The van der Waals surface area contributed by atoms with Crippen molar-refractivity contribution in [1.29, 1.82) is 0 Å². The number of allylic oxidation sites excluding steroid dienone is 1. The van der Waals surface area contributed by atoms with Crippen molar-refractivity contribution in [3.63, 3.8) is 0 Å². The molecule has 0 radical (unpaired) electrons. The maximum absolute atomic E-state index is 11.3. The predicted octanol–water partition coefficient (Wildman–Crippen LogP) is 3.62. The third-order valence-electron chi connectivity index (χ3n) is 2.98. The number of hydrogen-bond acceptors (Lipinski definition) is 2. The zero-order valence-electron chi connectivity index (χ0n) is 10.6. The van der Waals surface area contributed by atoms with E-state index >= 15 is 0 Å². The second kappa shape index (κ2) is 6.89. The number of rotatable bonds is 6. The molecule has 1 aromatic carbocycles. The minimum absolute atomic E-state index is 0.283. The van der Waals surface area contributed by atoms with Crippen LogP contribution in [0.25, 0.3) is 0 Å². The van der Waals surface area contributed by atoms with E-state index in [9.17, 15) is 4.79 Å². The van der Waals surface area contributed by atoms with Gasteiger partial charge in [-0.1, -0.05) is 31.6 Å². The molecule has 1 aromatic rings. The smallest absolute Gasteiger partial charge is 0.337 e. The van der Waals surface area contributed by atoms with Crippen molar-refractivity contribution >= 4 is 5.97 Å². The van der Waals surface area contributed by atoms with Gasteiger partial charge in [0, 0.05) is 0 Å². The molecule has 0 N–H and O–H groups in total. The number of ether oxygens (including phenoxy) is 1. The Morgan fingerprint density at radius 1 is 1.41 bits per heavy atom. The Morgan fingerprint density at radius 2 is 2.06 bits per heavy atom. The van der Waals surface area contributed by atoms with Crippen LogP contribution in [0, 0.1) is 5.92 Å². The Balaban J connectivity index is 2.67. The minimum atomic E-state index is -0.283. The van der Waals surface area contributed by atoms with Crippen molar-refractivity contribution in [2.45, 2.75) is 26.2 Å². The summed E-state index contributed by atoms with van der Waals surface area (Å²) in [6, 6.07) is 7.64. The van der Waals surface area contributed by atoms with E-state index < -0.39 is 0 Å². The molecule has 0 aliphatic heterocycles. The number of carbonyl (C=O) groups is 1. The van der Waals surface area contributed by atoms with E-state index in [1.54, 1.807) is 0 Å². The van der Waals surface area contributed by atoms with E-state index in [0.717, 1.165) is 19.3 Å². The Morgan fingerprint density at radius 3 is 2.53 bits per heavy atom. The summed E-state index contributed by atoms with van der Waals surface area (Å²) in [5, 5.41) is 0. The number of carbonyl (C=O) groups excluding carboxylic acids is 1. The van der Waals surface area contributed by atoms with Crippen LogP contribution < -0.4 is 0 Å². The topological polar surface area (TPSA) is 26.3 Å². The molecule has 2 nitrogen and oxygen atoms in total. The van der Waals surface area contributed by atoms with E-state index in [4.69, 9.17) is 0 Å². The van der Waals surface area contributed by atoms with Gasteiger partial charge in [0.1, 0.15) is 0 Å². The highest BCUT2D eigenvalue weighted by molar-refractivity contribution is 5.89. The maximum Gasteiger partial charge on any atom is 0.337 e. The van der Waals surface area contributed by atoms with Crippen LogP contribution in [0.3, 0.4) is 0 Å². The van der Waals surface area contributed by atoms with Crippen molar-refractivity contribution in [1.82, 2.24) is 0 Å². The van der Waals surface area contributed by atoms with Crippen LogP contribution in [0.2, 0.25) is 0 Å². The summed E-state index contributed by atoms with van der Waals surface area (Å²) in [5.74, 6) is 0.353. The zero-order valence-corrected chi connectivity index (χ0v) is 10.6. The minimum Gasteiger partial charge on any atom is -0.465 e. The molecule has 0 spiro atoms. The summed E-state index contributed by atoms with van der Waals surface area (Å²) < 4.78 is 4.66. The van der Waals surface area contributed by atoms with Gasteiger partial charge >= 0.3 is 5.97 Å². The average molecular weight is 232 g/mol. The number of benzene rings is 1. The van der Waals surface area contributed by atoms with Gasteiger partial charge in [0.25, 0.3) is 0 Å². The summed E-state index contributed by atoms with van der Waals surface area (Å²) in [6.45, 7) is 5.97. The molecule has 1 atom stereocenters. The Kier molecular flexibility index (Phi) is 5.47. The molecule has 0 aromatic heterocycles. The summed E-state index contributed by atoms with van der Waals surface area (Å²) in [4.78, 5) is 11.3. The lowest BCUT2D eigenvalue weighted by atomic mass is 9.93. The Bertz CT molecular complexity index is 365. The lowest BCUT2D eigenvalue weighted by Gasteiger charge is -2.12. The highest BCUT2D eigenvalue weighted by Crippen LogP contribution is 2.17. The predicted molar refractivity (Wildman–Crippen MR) is 70.1 cm³/mol. The van der Waals surface area contributed by atoms with Gasteiger partial charge in [-0.25, -0.2) is 4.79 Å². The van der Waals surface area contributed by atoms with E-state index in [-0.39, 0.29) is 5.97 Å². The maximum atomic E-state index is 11.3. The van der Waals surface area contributed by atoms with E-state index in [1.807, 2.05) is 30.3 Å². The van der Waals surface area contributed by atoms with Gasteiger partial charge in [-0.05, 0) is 36.5 Å². The molecule has 17 heavy (non-hydrogen) atoms. The largest absolute Gasteiger partial charge is 0.465 e. The van der Waals surface area contributed by atoms with Gasteiger partial charge in [-0.15, -0.1) is 6.58 Å². The van der Waals surface area contributed by atoms with Crippen LogP contribution in [-0.4, -0.2) is 13.1 Å². The number of methoxy groups -OCH3 is 1. The van der Waals surface area contributed by atoms with Gasteiger partial charge in [0.05, 0.1) is 12.7 Å². The summed E-state index contributed by atoms with van der Waals surface area (Å²) in [5.41, 5.74) is 1.86. The highest BCUT2D eigenvalue weighted by atomic mass is 16.5. The summed E-state index contributed by atoms with van der Waals surface area (Å²) in [7, 11) is 1.40. The highest BCUT2D eigenvalue weighted by Gasteiger charge is 2.08. The van der Waals surface area contributed by atoms with Gasteiger partial charge < -0.3 is 4.74 Å². The molecule has 0 heterocycles. The molecule has 92 valence electrons. The quantitative estimate of drug-likeness (QED) is 0.553. The fraction of sp³-hybridized carbons (Fsp3) is 0.400. The SMILES string of the molecule is C=CCC(CC)Cc1ccc(C(=O)OC)cc1. The van der Waals surface area contributed by atoms with E-state index in [2.05, 4.69) is 18.2 Å². The molecule has 0 saturated carbocycles. The van der Waals surface area contributed by atoms with Crippen LogP contribution in [0.1, 0.15) is 35.7 Å².